The fourth-order valence-electron chi connectivity index (χ4n) is 5.51. The summed E-state index contributed by atoms with van der Waals surface area (Å²) in [5.41, 5.74) is 3.19. The normalized spacial score (nSPS) is 20.1. The topological polar surface area (TPSA) is 76.2 Å². The Morgan fingerprint density at radius 2 is 1.92 bits per heavy atom. The lowest BCUT2D eigenvalue weighted by Crippen LogP contribution is -2.34. The predicted octanol–water partition coefficient (Wildman–Crippen LogP) is 5.01. The van der Waals surface area contributed by atoms with Crippen LogP contribution in [-0.2, 0) is 6.54 Å². The van der Waals surface area contributed by atoms with E-state index in [-0.39, 0.29) is 24.8 Å². The van der Waals surface area contributed by atoms with Crippen molar-refractivity contribution in [3.8, 4) is 0 Å². The van der Waals surface area contributed by atoms with E-state index in [0.29, 0.717) is 30.9 Å². The molecule has 2 aliphatic rings. The molecule has 0 aromatic carbocycles. The van der Waals surface area contributed by atoms with E-state index in [0.717, 1.165) is 54.7 Å². The average molecular weight is 499 g/mol. The number of aromatic nitrogens is 6. The molecule has 0 spiro atoms. The van der Waals surface area contributed by atoms with Gasteiger partial charge in [-0.05, 0) is 57.4 Å². The summed E-state index contributed by atoms with van der Waals surface area (Å²) < 4.78 is 31.6. The number of nitrogens with zero attached hydrogens (tertiary/aromatic N) is 7. The number of hydrogen-bond acceptors (Lipinski definition) is 6. The minimum absolute atomic E-state index is 0.00608. The van der Waals surface area contributed by atoms with Crippen molar-refractivity contribution in [2.75, 3.05) is 18.0 Å². The van der Waals surface area contributed by atoms with Crippen LogP contribution in [0.1, 0.15) is 75.5 Å². The third kappa shape index (κ3) is 4.95. The Balaban J connectivity index is 1.46. The second-order valence-corrected chi connectivity index (χ2v) is 10.4. The van der Waals surface area contributed by atoms with Crippen molar-refractivity contribution < 1.29 is 8.78 Å². The SMILES string of the molecule is C=C(NC(c1cn2nc(C)c(N3CCC(C)CC3)nc2n1)C1CCC(F)(F)CC1)c1ccnn1CC. The molecule has 194 valence electrons. The van der Waals surface area contributed by atoms with Crippen molar-refractivity contribution in [1.29, 1.82) is 0 Å². The van der Waals surface area contributed by atoms with E-state index in [1.165, 1.54) is 0 Å². The zero-order valence-corrected chi connectivity index (χ0v) is 21.4. The lowest BCUT2D eigenvalue weighted by Gasteiger charge is -2.34. The average Bonchev–Trinajstić information content (AvgIpc) is 3.49. The van der Waals surface area contributed by atoms with Crippen LogP contribution in [0.2, 0.25) is 0 Å². The number of aryl methyl sites for hydroxylation is 2. The van der Waals surface area contributed by atoms with Gasteiger partial charge in [-0.15, -0.1) is 0 Å². The van der Waals surface area contributed by atoms with Gasteiger partial charge in [0, 0.05) is 38.7 Å². The number of hydrogen-bond donors (Lipinski definition) is 1. The van der Waals surface area contributed by atoms with Gasteiger partial charge in [-0.2, -0.15) is 15.2 Å². The summed E-state index contributed by atoms with van der Waals surface area (Å²) >= 11 is 0. The van der Waals surface area contributed by atoms with Crippen LogP contribution in [0, 0.1) is 18.8 Å². The molecule has 1 saturated heterocycles. The molecule has 3 aromatic rings. The van der Waals surface area contributed by atoms with E-state index in [4.69, 9.17) is 15.1 Å². The summed E-state index contributed by atoms with van der Waals surface area (Å²) in [6.45, 7) is 13.2. The van der Waals surface area contributed by atoms with Crippen LogP contribution >= 0.6 is 0 Å². The number of piperidine rings is 1. The monoisotopic (exact) mass is 498 g/mol. The van der Waals surface area contributed by atoms with Crippen LogP contribution in [0.4, 0.5) is 14.6 Å². The Labute approximate surface area is 210 Å². The maximum absolute atomic E-state index is 14.0. The Morgan fingerprint density at radius 3 is 2.61 bits per heavy atom. The van der Waals surface area contributed by atoms with Gasteiger partial charge in [-0.3, -0.25) is 4.68 Å². The predicted molar refractivity (Wildman–Crippen MR) is 136 cm³/mol. The summed E-state index contributed by atoms with van der Waals surface area (Å²) in [4.78, 5) is 12.0. The molecule has 0 amide bonds. The fraction of sp³-hybridized carbons (Fsp3) is 0.615. The molecule has 1 unspecified atom stereocenters. The standard InChI is InChI=1S/C26H36F2N8/c1-5-35-22(8-13-29-35)18(3)30-23(20-6-11-26(27,28)12-7-20)21-16-36-25(31-21)32-24(19(4)33-36)34-14-9-17(2)10-15-34/h8,13,16-17,20,23,30H,3,5-7,9-12,14-15H2,1-2,4H3. The lowest BCUT2D eigenvalue weighted by atomic mass is 9.81. The minimum Gasteiger partial charge on any atom is -0.375 e. The molecule has 1 atom stereocenters. The zero-order chi connectivity index (χ0) is 25.4. The van der Waals surface area contributed by atoms with Gasteiger partial charge >= 0.3 is 0 Å². The largest absolute Gasteiger partial charge is 0.375 e. The quantitative estimate of drug-likeness (QED) is 0.493. The number of halogens is 2. The molecule has 4 heterocycles. The second-order valence-electron chi connectivity index (χ2n) is 10.4. The van der Waals surface area contributed by atoms with Crippen LogP contribution in [0.25, 0.3) is 11.5 Å². The highest BCUT2D eigenvalue weighted by Gasteiger charge is 2.39. The van der Waals surface area contributed by atoms with E-state index in [2.05, 4.69) is 28.8 Å². The summed E-state index contributed by atoms with van der Waals surface area (Å²) in [5.74, 6) is -0.471. The van der Waals surface area contributed by atoms with Crippen LogP contribution in [0.3, 0.4) is 0 Å². The van der Waals surface area contributed by atoms with Crippen molar-refractivity contribution in [2.45, 2.75) is 77.8 Å². The molecular formula is C26H36F2N8. The van der Waals surface area contributed by atoms with E-state index in [1.807, 2.05) is 30.8 Å². The van der Waals surface area contributed by atoms with Gasteiger partial charge in [-0.25, -0.2) is 18.3 Å². The van der Waals surface area contributed by atoms with Gasteiger partial charge in [-0.1, -0.05) is 13.5 Å². The van der Waals surface area contributed by atoms with Gasteiger partial charge in [0.1, 0.15) is 5.69 Å². The number of anilines is 1. The summed E-state index contributed by atoms with van der Waals surface area (Å²) in [6.07, 6.45) is 6.50. The number of imidazole rings is 1. The van der Waals surface area contributed by atoms with Crippen molar-refractivity contribution in [2.24, 2.45) is 11.8 Å². The number of fused-ring (bicyclic) bond motifs is 1. The summed E-state index contributed by atoms with van der Waals surface area (Å²) in [7, 11) is 0. The Morgan fingerprint density at radius 1 is 1.19 bits per heavy atom. The molecule has 8 nitrogen and oxygen atoms in total. The van der Waals surface area contributed by atoms with Crippen LogP contribution in [-0.4, -0.2) is 48.4 Å². The van der Waals surface area contributed by atoms with E-state index < -0.39 is 5.92 Å². The van der Waals surface area contributed by atoms with E-state index in [1.54, 1.807) is 10.7 Å². The molecule has 1 N–H and O–H groups in total. The van der Waals surface area contributed by atoms with E-state index in [9.17, 15) is 8.78 Å². The lowest BCUT2D eigenvalue weighted by molar-refractivity contribution is -0.0493. The van der Waals surface area contributed by atoms with Crippen molar-refractivity contribution in [3.05, 3.63) is 42.1 Å². The molecule has 1 aliphatic carbocycles. The first kappa shape index (κ1) is 24.6. The molecule has 0 radical (unpaired) electrons. The maximum Gasteiger partial charge on any atom is 0.252 e. The Hall–Kier alpha value is -3.04. The molecule has 10 heteroatoms. The highest BCUT2D eigenvalue weighted by molar-refractivity contribution is 5.59. The molecule has 1 aliphatic heterocycles. The third-order valence-corrected chi connectivity index (χ3v) is 7.77. The van der Waals surface area contributed by atoms with Crippen LogP contribution < -0.4 is 10.2 Å². The van der Waals surface area contributed by atoms with Crippen molar-refractivity contribution in [3.63, 3.8) is 0 Å². The van der Waals surface area contributed by atoms with Gasteiger partial charge in [0.25, 0.3) is 5.78 Å². The summed E-state index contributed by atoms with van der Waals surface area (Å²) in [5, 5.41) is 12.6. The first-order valence-electron chi connectivity index (χ1n) is 13.1. The van der Waals surface area contributed by atoms with Gasteiger partial charge < -0.3 is 10.2 Å². The van der Waals surface area contributed by atoms with Crippen molar-refractivity contribution >= 4 is 17.3 Å². The minimum atomic E-state index is -2.60. The first-order chi connectivity index (χ1) is 17.2. The molecular weight excluding hydrogens is 462 g/mol. The highest BCUT2D eigenvalue weighted by atomic mass is 19.3. The third-order valence-electron chi connectivity index (χ3n) is 7.77. The molecule has 5 rings (SSSR count). The second kappa shape index (κ2) is 9.78. The molecule has 0 bridgehead atoms. The number of nitrogens with one attached hydrogen (secondary N) is 1. The zero-order valence-electron chi connectivity index (χ0n) is 21.4. The fourth-order valence-corrected chi connectivity index (χ4v) is 5.51. The van der Waals surface area contributed by atoms with Gasteiger partial charge in [0.05, 0.1) is 29.3 Å². The highest BCUT2D eigenvalue weighted by Crippen LogP contribution is 2.42. The summed E-state index contributed by atoms with van der Waals surface area (Å²) in [6, 6.07) is 1.63. The molecule has 2 fully saturated rings. The Bertz CT molecular complexity index is 1210. The van der Waals surface area contributed by atoms with Crippen molar-refractivity contribution in [1.82, 2.24) is 34.7 Å². The van der Waals surface area contributed by atoms with Crippen LogP contribution in [0.15, 0.2) is 25.0 Å². The smallest absolute Gasteiger partial charge is 0.252 e. The molecule has 3 aromatic heterocycles. The Kier molecular flexibility index (Phi) is 6.70. The van der Waals surface area contributed by atoms with Gasteiger partial charge in [0.15, 0.2) is 5.82 Å². The van der Waals surface area contributed by atoms with Crippen LogP contribution in [0.5, 0.6) is 0 Å². The first-order valence-corrected chi connectivity index (χ1v) is 13.1. The number of rotatable bonds is 7. The molecule has 36 heavy (non-hydrogen) atoms. The molecule has 1 saturated carbocycles. The number of alkyl halides is 2. The maximum atomic E-state index is 14.0. The van der Waals surface area contributed by atoms with Gasteiger partial charge in [0.2, 0.25) is 5.92 Å². The van der Waals surface area contributed by atoms with E-state index >= 15 is 0 Å².